The van der Waals surface area contributed by atoms with Crippen LogP contribution in [-0.4, -0.2) is 7.11 Å². The molecule has 0 saturated carbocycles. The van der Waals surface area contributed by atoms with Crippen molar-refractivity contribution in [1.82, 2.24) is 0 Å². The maximum atomic E-state index is 5.72. The van der Waals surface area contributed by atoms with Crippen LogP contribution in [0.4, 0.5) is 17.1 Å². The summed E-state index contributed by atoms with van der Waals surface area (Å²) < 4.78 is 6.16. The molecule has 0 bridgehead atoms. The number of rotatable bonds is 3. The van der Waals surface area contributed by atoms with Crippen molar-refractivity contribution in [3.05, 3.63) is 46.9 Å². The monoisotopic (exact) mass is 292 g/mol. The second kappa shape index (κ2) is 5.10. The maximum absolute atomic E-state index is 5.72. The number of nitrogens with two attached hydrogens (primary N) is 1. The molecule has 0 radical (unpaired) electrons. The highest BCUT2D eigenvalue weighted by atomic mass is 79.9. The highest BCUT2D eigenvalue weighted by Crippen LogP contribution is 2.29. The first-order valence-corrected chi connectivity index (χ1v) is 5.94. The minimum atomic E-state index is 0.735. The third-order valence-corrected chi connectivity index (χ3v) is 2.98. The second-order valence-corrected chi connectivity index (χ2v) is 4.45. The summed E-state index contributed by atoms with van der Waals surface area (Å²) >= 11 is 3.41. The van der Waals surface area contributed by atoms with E-state index in [1.165, 1.54) is 0 Å². The van der Waals surface area contributed by atoms with Gasteiger partial charge in [0.05, 0.1) is 11.6 Å². The molecule has 0 spiro atoms. The van der Waals surface area contributed by atoms with Crippen molar-refractivity contribution in [3.63, 3.8) is 0 Å². The molecule has 0 saturated heterocycles. The van der Waals surface area contributed by atoms with E-state index in [1.807, 2.05) is 42.5 Å². The molecular weight excluding hydrogens is 280 g/mol. The van der Waals surface area contributed by atoms with Gasteiger partial charge in [0, 0.05) is 23.1 Å². The van der Waals surface area contributed by atoms with Crippen molar-refractivity contribution in [2.24, 2.45) is 0 Å². The van der Waals surface area contributed by atoms with Crippen LogP contribution in [0.25, 0.3) is 0 Å². The lowest BCUT2D eigenvalue weighted by atomic mass is 10.2. The summed E-state index contributed by atoms with van der Waals surface area (Å²) in [6.45, 7) is 0. The molecule has 0 atom stereocenters. The highest BCUT2D eigenvalue weighted by molar-refractivity contribution is 9.10. The van der Waals surface area contributed by atoms with E-state index < -0.39 is 0 Å². The van der Waals surface area contributed by atoms with Gasteiger partial charge in [-0.1, -0.05) is 6.07 Å². The molecule has 3 nitrogen and oxygen atoms in total. The molecule has 2 aromatic carbocycles. The maximum Gasteiger partial charge on any atom is 0.135 e. The van der Waals surface area contributed by atoms with Gasteiger partial charge in [0.15, 0.2) is 0 Å². The van der Waals surface area contributed by atoms with Gasteiger partial charge in [-0.3, -0.25) is 0 Å². The Balaban J connectivity index is 2.24. The Labute approximate surface area is 109 Å². The minimum Gasteiger partial charge on any atom is -0.495 e. The number of nitrogen functional groups attached to an aromatic ring is 1. The predicted molar refractivity (Wildman–Crippen MR) is 74.8 cm³/mol. The zero-order valence-electron chi connectivity index (χ0n) is 9.41. The van der Waals surface area contributed by atoms with Crippen LogP contribution < -0.4 is 15.8 Å². The first kappa shape index (κ1) is 11.8. The zero-order chi connectivity index (χ0) is 12.3. The first-order chi connectivity index (χ1) is 8.19. The number of nitrogens with one attached hydrogen (secondary N) is 1. The van der Waals surface area contributed by atoms with Crippen molar-refractivity contribution in [3.8, 4) is 5.75 Å². The van der Waals surface area contributed by atoms with E-state index in [4.69, 9.17) is 10.5 Å². The summed E-state index contributed by atoms with van der Waals surface area (Å²) in [5.41, 5.74) is 8.36. The van der Waals surface area contributed by atoms with Gasteiger partial charge in [-0.15, -0.1) is 0 Å². The standard InChI is InChI=1S/C13H13BrN2O/c1-17-13-8-11(5-6-12(13)14)16-10-4-2-3-9(15)7-10/h2-8,16H,15H2,1H3. The number of benzene rings is 2. The van der Waals surface area contributed by atoms with Gasteiger partial charge in [-0.05, 0) is 46.3 Å². The molecule has 0 aliphatic carbocycles. The summed E-state index contributed by atoms with van der Waals surface area (Å²) in [7, 11) is 1.64. The van der Waals surface area contributed by atoms with Crippen LogP contribution in [0.3, 0.4) is 0 Å². The van der Waals surface area contributed by atoms with Crippen LogP contribution in [0, 0.1) is 0 Å². The van der Waals surface area contributed by atoms with Crippen LogP contribution in [0.5, 0.6) is 5.75 Å². The predicted octanol–water partition coefficient (Wildman–Crippen LogP) is 3.78. The van der Waals surface area contributed by atoms with Gasteiger partial charge >= 0.3 is 0 Å². The van der Waals surface area contributed by atoms with E-state index in [0.29, 0.717) is 0 Å². The van der Waals surface area contributed by atoms with Gasteiger partial charge in [0.25, 0.3) is 0 Å². The first-order valence-electron chi connectivity index (χ1n) is 5.15. The fourth-order valence-corrected chi connectivity index (χ4v) is 1.93. The largest absolute Gasteiger partial charge is 0.495 e. The van der Waals surface area contributed by atoms with E-state index in [1.54, 1.807) is 7.11 Å². The van der Waals surface area contributed by atoms with Crippen LogP contribution in [0.15, 0.2) is 46.9 Å². The Morgan fingerprint density at radius 2 is 1.88 bits per heavy atom. The molecule has 0 fully saturated rings. The van der Waals surface area contributed by atoms with E-state index in [9.17, 15) is 0 Å². The van der Waals surface area contributed by atoms with Gasteiger partial charge in [-0.25, -0.2) is 0 Å². The number of methoxy groups -OCH3 is 1. The number of hydrogen-bond acceptors (Lipinski definition) is 3. The minimum absolute atomic E-state index is 0.735. The topological polar surface area (TPSA) is 47.3 Å². The van der Waals surface area contributed by atoms with E-state index in [-0.39, 0.29) is 0 Å². The van der Waals surface area contributed by atoms with Gasteiger partial charge in [0.2, 0.25) is 0 Å². The Morgan fingerprint density at radius 3 is 2.59 bits per heavy atom. The molecule has 2 aromatic rings. The van der Waals surface area contributed by atoms with Gasteiger partial charge in [-0.2, -0.15) is 0 Å². The van der Waals surface area contributed by atoms with Crippen molar-refractivity contribution >= 4 is 33.0 Å². The van der Waals surface area contributed by atoms with E-state index >= 15 is 0 Å². The second-order valence-electron chi connectivity index (χ2n) is 3.60. The number of hydrogen-bond donors (Lipinski definition) is 2. The summed E-state index contributed by atoms with van der Waals surface area (Å²) in [6.07, 6.45) is 0. The molecule has 0 aromatic heterocycles. The smallest absolute Gasteiger partial charge is 0.135 e. The van der Waals surface area contributed by atoms with Crippen LogP contribution in [0.2, 0.25) is 0 Å². The Kier molecular flexibility index (Phi) is 3.54. The number of anilines is 3. The normalized spacial score (nSPS) is 10.0. The third kappa shape index (κ3) is 2.91. The SMILES string of the molecule is COc1cc(Nc2cccc(N)c2)ccc1Br. The van der Waals surface area contributed by atoms with Crippen molar-refractivity contribution < 1.29 is 4.74 Å². The van der Waals surface area contributed by atoms with Crippen LogP contribution >= 0.6 is 15.9 Å². The lowest BCUT2D eigenvalue weighted by Crippen LogP contribution is -1.93. The van der Waals surface area contributed by atoms with E-state index in [2.05, 4.69) is 21.2 Å². The molecule has 0 aliphatic rings. The summed E-state index contributed by atoms with van der Waals surface area (Å²) in [5.74, 6) is 0.791. The van der Waals surface area contributed by atoms with Gasteiger partial charge in [0.1, 0.15) is 5.75 Å². The van der Waals surface area contributed by atoms with Crippen LogP contribution in [0.1, 0.15) is 0 Å². The van der Waals surface area contributed by atoms with Crippen molar-refractivity contribution in [2.75, 3.05) is 18.2 Å². The molecule has 88 valence electrons. The quantitative estimate of drug-likeness (QED) is 0.847. The Morgan fingerprint density at radius 1 is 1.12 bits per heavy atom. The molecule has 17 heavy (non-hydrogen) atoms. The zero-order valence-corrected chi connectivity index (χ0v) is 11.0. The summed E-state index contributed by atoms with van der Waals surface area (Å²) in [6, 6.07) is 13.4. The van der Waals surface area contributed by atoms with Crippen molar-refractivity contribution in [1.29, 1.82) is 0 Å². The molecule has 0 aliphatic heterocycles. The Hall–Kier alpha value is -1.68. The average molecular weight is 293 g/mol. The lowest BCUT2D eigenvalue weighted by molar-refractivity contribution is 0.412. The molecule has 0 amide bonds. The number of ether oxygens (including phenoxy) is 1. The molecule has 0 unspecified atom stereocenters. The van der Waals surface area contributed by atoms with Crippen molar-refractivity contribution in [2.45, 2.75) is 0 Å². The third-order valence-electron chi connectivity index (χ3n) is 2.33. The molecule has 4 heteroatoms. The molecule has 0 heterocycles. The average Bonchev–Trinajstić information content (AvgIpc) is 2.32. The molecule has 2 rings (SSSR count). The van der Waals surface area contributed by atoms with Crippen LogP contribution in [-0.2, 0) is 0 Å². The summed E-state index contributed by atoms with van der Waals surface area (Å²) in [4.78, 5) is 0. The fourth-order valence-electron chi connectivity index (χ4n) is 1.52. The summed E-state index contributed by atoms with van der Waals surface area (Å²) in [5, 5.41) is 3.27. The van der Waals surface area contributed by atoms with Gasteiger partial charge < -0.3 is 15.8 Å². The molecular formula is C13H13BrN2O. The fraction of sp³-hybridized carbons (Fsp3) is 0.0769. The highest BCUT2D eigenvalue weighted by Gasteiger charge is 2.01. The van der Waals surface area contributed by atoms with E-state index in [0.717, 1.165) is 27.3 Å². The lowest BCUT2D eigenvalue weighted by Gasteiger charge is -2.09. The molecule has 3 N–H and O–H groups in total. The Bertz CT molecular complexity index is 529. The number of halogens is 1.